The third kappa shape index (κ3) is 5.30. The molecule has 0 aliphatic carbocycles. The van der Waals surface area contributed by atoms with E-state index in [0.29, 0.717) is 31.8 Å². The molecule has 2 rings (SSSR count). The van der Waals surface area contributed by atoms with Gasteiger partial charge >= 0.3 is 0 Å². The SMILES string of the molecule is CC(C)c1ccc(C(NC(=O)C2CCN(S(C)(=O)=O)CC2)C(C)C)cc1. The number of carbonyl (C=O) groups is 1. The third-order valence-electron chi connectivity index (χ3n) is 5.22. The summed E-state index contributed by atoms with van der Waals surface area (Å²) >= 11 is 0. The molecule has 1 amide bonds. The first-order chi connectivity index (χ1) is 12.1. The molecule has 5 nitrogen and oxygen atoms in total. The van der Waals surface area contributed by atoms with Crippen LogP contribution in [-0.4, -0.2) is 38.0 Å². The molecule has 1 aliphatic heterocycles. The smallest absolute Gasteiger partial charge is 0.223 e. The molecule has 0 radical (unpaired) electrons. The van der Waals surface area contributed by atoms with E-state index in [1.165, 1.54) is 16.1 Å². The molecule has 1 N–H and O–H groups in total. The zero-order valence-electron chi connectivity index (χ0n) is 16.5. The average Bonchev–Trinajstić information content (AvgIpc) is 2.58. The second-order valence-electron chi connectivity index (χ2n) is 7.99. The highest BCUT2D eigenvalue weighted by Crippen LogP contribution is 2.26. The number of nitrogens with one attached hydrogen (secondary N) is 1. The van der Waals surface area contributed by atoms with Gasteiger partial charge in [0.2, 0.25) is 15.9 Å². The van der Waals surface area contributed by atoms with Crippen LogP contribution in [0.2, 0.25) is 0 Å². The van der Waals surface area contributed by atoms with E-state index >= 15 is 0 Å². The molecule has 1 aromatic carbocycles. The highest BCUT2D eigenvalue weighted by molar-refractivity contribution is 7.88. The van der Waals surface area contributed by atoms with Crippen LogP contribution in [0.1, 0.15) is 63.6 Å². The van der Waals surface area contributed by atoms with Crippen LogP contribution >= 0.6 is 0 Å². The number of piperidine rings is 1. The number of amides is 1. The summed E-state index contributed by atoms with van der Waals surface area (Å²) in [5, 5.41) is 3.20. The first-order valence-corrected chi connectivity index (χ1v) is 11.3. The molecule has 26 heavy (non-hydrogen) atoms. The Balaban J connectivity index is 2.02. The zero-order valence-corrected chi connectivity index (χ0v) is 17.3. The third-order valence-corrected chi connectivity index (χ3v) is 6.52. The molecule has 1 aliphatic rings. The molecule has 0 bridgehead atoms. The molecule has 1 aromatic rings. The van der Waals surface area contributed by atoms with Crippen molar-refractivity contribution in [2.45, 2.75) is 52.5 Å². The Kier molecular flexibility index (Phi) is 6.86. The van der Waals surface area contributed by atoms with Crippen molar-refractivity contribution < 1.29 is 13.2 Å². The lowest BCUT2D eigenvalue weighted by Crippen LogP contribution is -2.44. The molecule has 1 heterocycles. The first kappa shape index (κ1) is 20.9. The second kappa shape index (κ2) is 8.53. The largest absolute Gasteiger partial charge is 0.349 e. The summed E-state index contributed by atoms with van der Waals surface area (Å²) in [6.45, 7) is 9.39. The molecule has 1 unspecified atom stereocenters. The van der Waals surface area contributed by atoms with Crippen LogP contribution in [0.4, 0.5) is 0 Å². The van der Waals surface area contributed by atoms with Crippen LogP contribution in [-0.2, 0) is 14.8 Å². The number of benzene rings is 1. The minimum absolute atomic E-state index is 0.0309. The maximum Gasteiger partial charge on any atom is 0.223 e. The summed E-state index contributed by atoms with van der Waals surface area (Å²) in [6.07, 6.45) is 2.38. The summed E-state index contributed by atoms with van der Waals surface area (Å²) in [5.41, 5.74) is 2.40. The molecule has 146 valence electrons. The van der Waals surface area contributed by atoms with Crippen LogP contribution in [0.25, 0.3) is 0 Å². The Morgan fingerprint density at radius 1 is 1.04 bits per heavy atom. The Morgan fingerprint density at radius 3 is 1.96 bits per heavy atom. The van der Waals surface area contributed by atoms with Crippen molar-refractivity contribution in [2.24, 2.45) is 11.8 Å². The van der Waals surface area contributed by atoms with Gasteiger partial charge in [0, 0.05) is 19.0 Å². The lowest BCUT2D eigenvalue weighted by atomic mass is 9.91. The standard InChI is InChI=1S/C20H32N2O3S/c1-14(2)16-6-8-17(9-7-16)19(15(3)4)21-20(23)18-10-12-22(13-11-18)26(5,24)25/h6-9,14-15,18-19H,10-13H2,1-5H3,(H,21,23). The molecular formula is C20H32N2O3S. The number of hydrogen-bond donors (Lipinski definition) is 1. The Morgan fingerprint density at radius 2 is 1.54 bits per heavy atom. The molecule has 1 atom stereocenters. The predicted octanol–water partition coefficient (Wildman–Crippen LogP) is 3.29. The van der Waals surface area contributed by atoms with Crippen molar-refractivity contribution in [3.8, 4) is 0 Å². The van der Waals surface area contributed by atoms with Crippen molar-refractivity contribution in [1.82, 2.24) is 9.62 Å². The monoisotopic (exact) mass is 380 g/mol. The average molecular weight is 381 g/mol. The quantitative estimate of drug-likeness (QED) is 0.823. The highest BCUT2D eigenvalue weighted by Gasteiger charge is 2.30. The van der Waals surface area contributed by atoms with Gasteiger partial charge in [-0.3, -0.25) is 4.79 Å². The van der Waals surface area contributed by atoms with Gasteiger partial charge in [-0.15, -0.1) is 0 Å². The van der Waals surface area contributed by atoms with E-state index in [2.05, 4.69) is 57.3 Å². The van der Waals surface area contributed by atoms with E-state index in [-0.39, 0.29) is 23.8 Å². The summed E-state index contributed by atoms with van der Waals surface area (Å²) in [4.78, 5) is 12.7. The van der Waals surface area contributed by atoms with E-state index in [1.54, 1.807) is 0 Å². The molecule has 1 saturated heterocycles. The lowest BCUT2D eigenvalue weighted by molar-refractivity contribution is -0.127. The van der Waals surface area contributed by atoms with Crippen molar-refractivity contribution in [3.05, 3.63) is 35.4 Å². The molecule has 6 heteroatoms. The number of nitrogens with zero attached hydrogens (tertiary/aromatic N) is 1. The van der Waals surface area contributed by atoms with Gasteiger partial charge in [-0.2, -0.15) is 0 Å². The maximum absolute atomic E-state index is 12.7. The van der Waals surface area contributed by atoms with Crippen LogP contribution < -0.4 is 5.32 Å². The molecule has 0 spiro atoms. The van der Waals surface area contributed by atoms with Crippen molar-refractivity contribution in [3.63, 3.8) is 0 Å². The number of hydrogen-bond acceptors (Lipinski definition) is 3. The van der Waals surface area contributed by atoms with Crippen LogP contribution in [0.15, 0.2) is 24.3 Å². The molecular weight excluding hydrogens is 348 g/mol. The van der Waals surface area contributed by atoms with E-state index in [0.717, 1.165) is 5.56 Å². The van der Waals surface area contributed by atoms with E-state index < -0.39 is 10.0 Å². The van der Waals surface area contributed by atoms with Gasteiger partial charge in [-0.05, 0) is 35.8 Å². The maximum atomic E-state index is 12.7. The second-order valence-corrected chi connectivity index (χ2v) is 9.97. The topological polar surface area (TPSA) is 66.5 Å². The predicted molar refractivity (Wildman–Crippen MR) is 105 cm³/mol. The van der Waals surface area contributed by atoms with Gasteiger partial charge in [0.1, 0.15) is 0 Å². The van der Waals surface area contributed by atoms with Crippen LogP contribution in [0.5, 0.6) is 0 Å². The zero-order chi connectivity index (χ0) is 19.5. The molecule has 0 aromatic heterocycles. The van der Waals surface area contributed by atoms with Crippen molar-refractivity contribution >= 4 is 15.9 Å². The van der Waals surface area contributed by atoms with Crippen molar-refractivity contribution in [1.29, 1.82) is 0 Å². The minimum Gasteiger partial charge on any atom is -0.349 e. The van der Waals surface area contributed by atoms with Crippen LogP contribution in [0.3, 0.4) is 0 Å². The number of sulfonamides is 1. The van der Waals surface area contributed by atoms with Crippen molar-refractivity contribution in [2.75, 3.05) is 19.3 Å². The van der Waals surface area contributed by atoms with E-state index in [9.17, 15) is 13.2 Å². The summed E-state index contributed by atoms with van der Waals surface area (Å²) < 4.78 is 24.7. The Hall–Kier alpha value is -1.40. The van der Waals surface area contributed by atoms with E-state index in [4.69, 9.17) is 0 Å². The Labute approximate surface area is 158 Å². The highest BCUT2D eigenvalue weighted by atomic mass is 32.2. The first-order valence-electron chi connectivity index (χ1n) is 9.45. The lowest BCUT2D eigenvalue weighted by Gasteiger charge is -2.31. The normalized spacial score (nSPS) is 18.3. The fourth-order valence-corrected chi connectivity index (χ4v) is 4.32. The summed E-state index contributed by atoms with van der Waals surface area (Å²) in [5.74, 6) is 0.671. The fraction of sp³-hybridized carbons (Fsp3) is 0.650. The minimum atomic E-state index is -3.16. The number of rotatable bonds is 6. The molecule has 1 fully saturated rings. The molecule has 0 saturated carbocycles. The Bertz CT molecular complexity index is 703. The fourth-order valence-electron chi connectivity index (χ4n) is 3.44. The van der Waals surface area contributed by atoms with E-state index in [1.807, 2.05) is 0 Å². The van der Waals surface area contributed by atoms with Gasteiger partial charge in [-0.1, -0.05) is 52.0 Å². The number of carbonyl (C=O) groups excluding carboxylic acids is 1. The van der Waals surface area contributed by atoms with Gasteiger partial charge in [-0.25, -0.2) is 12.7 Å². The summed E-state index contributed by atoms with van der Waals surface area (Å²) in [7, 11) is -3.16. The van der Waals surface area contributed by atoms with Gasteiger partial charge < -0.3 is 5.32 Å². The van der Waals surface area contributed by atoms with Gasteiger partial charge in [0.15, 0.2) is 0 Å². The van der Waals surface area contributed by atoms with Crippen LogP contribution in [0, 0.1) is 11.8 Å². The summed E-state index contributed by atoms with van der Waals surface area (Å²) in [6, 6.07) is 8.44. The van der Waals surface area contributed by atoms with Gasteiger partial charge in [0.25, 0.3) is 0 Å². The van der Waals surface area contributed by atoms with Gasteiger partial charge in [0.05, 0.1) is 12.3 Å².